The molecule has 1 unspecified atom stereocenters. The highest BCUT2D eigenvalue weighted by Crippen LogP contribution is 2.30. The molecule has 0 bridgehead atoms. The summed E-state index contributed by atoms with van der Waals surface area (Å²) in [5.74, 6) is 1.43. The number of nitrogens with zero attached hydrogens (tertiary/aromatic N) is 3. The first kappa shape index (κ1) is 17.3. The van der Waals surface area contributed by atoms with Crippen molar-refractivity contribution in [1.82, 2.24) is 20.0 Å². The minimum Gasteiger partial charge on any atom is -0.338 e. The standard InChI is InChI=1S/C21H28N4O/c1-16-20(13-22-23-16)18-8-10-24(11-9-18)14-17-7-12-25(15-17)21(26)19-5-3-2-4-6-19/h2-6,13,17-18H,7-12,14-15H2,1H3,(H,22,23). The van der Waals surface area contributed by atoms with Gasteiger partial charge in [0, 0.05) is 30.9 Å². The summed E-state index contributed by atoms with van der Waals surface area (Å²) in [6.07, 6.45) is 5.54. The number of H-pyrrole nitrogens is 1. The molecule has 138 valence electrons. The number of aromatic amines is 1. The monoisotopic (exact) mass is 352 g/mol. The molecule has 2 fully saturated rings. The molecule has 1 aromatic heterocycles. The third kappa shape index (κ3) is 3.68. The fourth-order valence-corrected chi connectivity index (χ4v) is 4.49. The summed E-state index contributed by atoms with van der Waals surface area (Å²) in [5, 5.41) is 7.24. The number of amides is 1. The third-order valence-corrected chi connectivity index (χ3v) is 6.01. The Balaban J connectivity index is 1.26. The molecule has 3 heterocycles. The van der Waals surface area contributed by atoms with Crippen molar-refractivity contribution in [3.05, 3.63) is 53.3 Å². The van der Waals surface area contributed by atoms with Gasteiger partial charge in [0.2, 0.25) is 0 Å². The van der Waals surface area contributed by atoms with Gasteiger partial charge >= 0.3 is 0 Å². The third-order valence-electron chi connectivity index (χ3n) is 6.01. The van der Waals surface area contributed by atoms with Crippen LogP contribution in [0, 0.1) is 12.8 Å². The zero-order valence-corrected chi connectivity index (χ0v) is 15.5. The lowest BCUT2D eigenvalue weighted by Crippen LogP contribution is -2.37. The topological polar surface area (TPSA) is 52.2 Å². The number of aryl methyl sites for hydroxylation is 1. The molecule has 2 aromatic rings. The maximum absolute atomic E-state index is 12.6. The second-order valence-corrected chi connectivity index (χ2v) is 7.80. The van der Waals surface area contributed by atoms with Crippen LogP contribution in [-0.2, 0) is 0 Å². The van der Waals surface area contributed by atoms with Gasteiger partial charge < -0.3 is 9.80 Å². The first-order valence-corrected chi connectivity index (χ1v) is 9.77. The second kappa shape index (κ2) is 7.62. The second-order valence-electron chi connectivity index (χ2n) is 7.80. The Morgan fingerprint density at radius 2 is 1.92 bits per heavy atom. The summed E-state index contributed by atoms with van der Waals surface area (Å²) >= 11 is 0. The van der Waals surface area contributed by atoms with Crippen molar-refractivity contribution in [1.29, 1.82) is 0 Å². The fourth-order valence-electron chi connectivity index (χ4n) is 4.49. The molecule has 0 spiro atoms. The van der Waals surface area contributed by atoms with Crippen LogP contribution < -0.4 is 0 Å². The molecule has 2 aliphatic heterocycles. The summed E-state index contributed by atoms with van der Waals surface area (Å²) in [7, 11) is 0. The van der Waals surface area contributed by atoms with E-state index >= 15 is 0 Å². The largest absolute Gasteiger partial charge is 0.338 e. The Morgan fingerprint density at radius 3 is 2.62 bits per heavy atom. The summed E-state index contributed by atoms with van der Waals surface area (Å²) in [5.41, 5.74) is 3.42. The van der Waals surface area contributed by atoms with Gasteiger partial charge in [-0.15, -0.1) is 0 Å². The Kier molecular flexibility index (Phi) is 5.07. The summed E-state index contributed by atoms with van der Waals surface area (Å²) in [4.78, 5) is 17.2. The number of likely N-dealkylation sites (tertiary alicyclic amines) is 2. The molecule has 0 aliphatic carbocycles. The lowest BCUT2D eigenvalue weighted by Gasteiger charge is -2.33. The van der Waals surface area contributed by atoms with E-state index in [0.717, 1.165) is 44.7 Å². The minimum absolute atomic E-state index is 0.183. The molecule has 0 radical (unpaired) electrons. The number of carbonyl (C=O) groups excluding carboxylic acids is 1. The molecule has 5 heteroatoms. The van der Waals surface area contributed by atoms with Crippen LogP contribution in [0.3, 0.4) is 0 Å². The van der Waals surface area contributed by atoms with E-state index < -0.39 is 0 Å². The van der Waals surface area contributed by atoms with Gasteiger partial charge in [-0.25, -0.2) is 0 Å². The van der Waals surface area contributed by atoms with Crippen molar-refractivity contribution in [2.45, 2.75) is 32.1 Å². The molecule has 26 heavy (non-hydrogen) atoms. The molecule has 1 amide bonds. The van der Waals surface area contributed by atoms with Gasteiger partial charge in [-0.1, -0.05) is 18.2 Å². The molecule has 4 rings (SSSR count). The first-order valence-electron chi connectivity index (χ1n) is 9.77. The number of aromatic nitrogens is 2. The van der Waals surface area contributed by atoms with E-state index in [-0.39, 0.29) is 5.91 Å². The van der Waals surface area contributed by atoms with Crippen LogP contribution in [0.5, 0.6) is 0 Å². The molecular formula is C21H28N4O. The molecule has 1 atom stereocenters. The average Bonchev–Trinajstić information content (AvgIpc) is 3.32. The van der Waals surface area contributed by atoms with Crippen LogP contribution in [0.25, 0.3) is 0 Å². The molecule has 1 N–H and O–H groups in total. The normalized spacial score (nSPS) is 22.0. The SMILES string of the molecule is Cc1[nH]ncc1C1CCN(CC2CCN(C(=O)c3ccccc3)C2)CC1. The lowest BCUT2D eigenvalue weighted by atomic mass is 9.89. The summed E-state index contributed by atoms with van der Waals surface area (Å²) < 4.78 is 0. The van der Waals surface area contributed by atoms with Gasteiger partial charge in [0.25, 0.3) is 5.91 Å². The van der Waals surface area contributed by atoms with Crippen molar-refractivity contribution < 1.29 is 4.79 Å². The van der Waals surface area contributed by atoms with Crippen molar-refractivity contribution >= 4 is 5.91 Å². The zero-order valence-electron chi connectivity index (χ0n) is 15.5. The van der Waals surface area contributed by atoms with E-state index in [4.69, 9.17) is 0 Å². The highest BCUT2D eigenvalue weighted by Gasteiger charge is 2.30. The van der Waals surface area contributed by atoms with Gasteiger partial charge in [-0.2, -0.15) is 5.10 Å². The Bertz CT molecular complexity index is 733. The number of nitrogens with one attached hydrogen (secondary N) is 1. The highest BCUT2D eigenvalue weighted by atomic mass is 16.2. The number of carbonyl (C=O) groups is 1. The van der Waals surface area contributed by atoms with Crippen LogP contribution >= 0.6 is 0 Å². The number of benzene rings is 1. The first-order chi connectivity index (χ1) is 12.7. The predicted octanol–water partition coefficient (Wildman–Crippen LogP) is 3.06. The summed E-state index contributed by atoms with van der Waals surface area (Å²) in [6.45, 7) is 7.33. The van der Waals surface area contributed by atoms with Crippen LogP contribution in [-0.4, -0.2) is 58.6 Å². The van der Waals surface area contributed by atoms with Gasteiger partial charge in [-0.05, 0) is 68.8 Å². The Morgan fingerprint density at radius 1 is 1.15 bits per heavy atom. The fraction of sp³-hybridized carbons (Fsp3) is 0.524. The van der Waals surface area contributed by atoms with E-state index in [0.29, 0.717) is 11.8 Å². The van der Waals surface area contributed by atoms with Gasteiger partial charge in [-0.3, -0.25) is 9.89 Å². The predicted molar refractivity (Wildman–Crippen MR) is 102 cm³/mol. The molecule has 1 aromatic carbocycles. The minimum atomic E-state index is 0.183. The molecular weight excluding hydrogens is 324 g/mol. The van der Waals surface area contributed by atoms with E-state index in [1.807, 2.05) is 41.4 Å². The van der Waals surface area contributed by atoms with E-state index in [1.54, 1.807) is 0 Å². The zero-order chi connectivity index (χ0) is 17.9. The van der Waals surface area contributed by atoms with E-state index in [1.165, 1.54) is 24.1 Å². The maximum Gasteiger partial charge on any atom is 0.253 e. The van der Waals surface area contributed by atoms with Gasteiger partial charge in [0.15, 0.2) is 0 Å². The molecule has 2 saturated heterocycles. The molecule has 0 saturated carbocycles. The molecule has 2 aliphatic rings. The van der Waals surface area contributed by atoms with Crippen LogP contribution in [0.2, 0.25) is 0 Å². The highest BCUT2D eigenvalue weighted by molar-refractivity contribution is 5.94. The van der Waals surface area contributed by atoms with E-state index in [9.17, 15) is 4.79 Å². The van der Waals surface area contributed by atoms with E-state index in [2.05, 4.69) is 22.0 Å². The van der Waals surface area contributed by atoms with Gasteiger partial charge in [0.1, 0.15) is 0 Å². The quantitative estimate of drug-likeness (QED) is 0.920. The van der Waals surface area contributed by atoms with Gasteiger partial charge in [0.05, 0.1) is 6.20 Å². The molecule has 5 nitrogen and oxygen atoms in total. The lowest BCUT2D eigenvalue weighted by molar-refractivity contribution is 0.0782. The number of rotatable bonds is 4. The van der Waals surface area contributed by atoms with Crippen molar-refractivity contribution in [2.75, 3.05) is 32.7 Å². The average molecular weight is 352 g/mol. The summed E-state index contributed by atoms with van der Waals surface area (Å²) in [6, 6.07) is 9.66. The van der Waals surface area contributed by atoms with Crippen molar-refractivity contribution in [3.8, 4) is 0 Å². The van der Waals surface area contributed by atoms with Crippen LogP contribution in [0.15, 0.2) is 36.5 Å². The van der Waals surface area contributed by atoms with Crippen LogP contribution in [0.1, 0.15) is 46.8 Å². The van der Waals surface area contributed by atoms with Crippen molar-refractivity contribution in [3.63, 3.8) is 0 Å². The number of piperidine rings is 1. The number of hydrogen-bond acceptors (Lipinski definition) is 3. The Labute approximate surface area is 155 Å². The maximum atomic E-state index is 12.6. The van der Waals surface area contributed by atoms with Crippen molar-refractivity contribution in [2.24, 2.45) is 5.92 Å². The van der Waals surface area contributed by atoms with Crippen LogP contribution in [0.4, 0.5) is 0 Å². The Hall–Kier alpha value is -2.14. The smallest absolute Gasteiger partial charge is 0.253 e. The number of hydrogen-bond donors (Lipinski definition) is 1.